The van der Waals surface area contributed by atoms with Crippen molar-refractivity contribution in [1.82, 2.24) is 9.88 Å². The molecule has 1 fully saturated rings. The molecule has 0 radical (unpaired) electrons. The molecule has 0 bridgehead atoms. The normalized spacial score (nSPS) is 21.9. The molecule has 1 saturated heterocycles. The average molecular weight is 270 g/mol. The molecule has 0 N–H and O–H groups in total. The quantitative estimate of drug-likeness (QED) is 0.844. The van der Waals surface area contributed by atoms with Gasteiger partial charge >= 0.3 is 0 Å². The lowest BCUT2D eigenvalue weighted by Gasteiger charge is -2.22. The molecule has 6 heteroatoms. The molecule has 92 valence electrons. The van der Waals surface area contributed by atoms with Crippen molar-refractivity contribution in [3.63, 3.8) is 0 Å². The first-order valence-corrected chi connectivity index (χ1v) is 7.20. The van der Waals surface area contributed by atoms with Crippen LogP contribution in [0.5, 0.6) is 0 Å². The molecule has 1 aliphatic heterocycles. The van der Waals surface area contributed by atoms with Crippen LogP contribution in [0.2, 0.25) is 0 Å². The second-order valence-electron chi connectivity index (χ2n) is 4.03. The van der Waals surface area contributed by atoms with Crippen molar-refractivity contribution in [3.05, 3.63) is 16.6 Å². The Balaban J connectivity index is 2.03. The minimum Gasteiger partial charge on any atom is -0.332 e. The van der Waals surface area contributed by atoms with Gasteiger partial charge in [0.15, 0.2) is 5.12 Å². The SMILES string of the molecule is CC(=O)SC1CC(=O)N(C(C)c2nccs2)C1. The lowest BCUT2D eigenvalue weighted by Crippen LogP contribution is -2.28. The molecule has 1 aliphatic rings. The Bertz CT molecular complexity index is 419. The topological polar surface area (TPSA) is 50.3 Å². The standard InChI is InChI=1S/C11H14N2O2S2/c1-7(11-12-3-4-16-11)13-6-9(5-10(13)15)17-8(2)14/h3-4,7,9H,5-6H2,1-2H3. The number of thioether (sulfide) groups is 1. The predicted octanol–water partition coefficient (Wildman–Crippen LogP) is 2.08. The highest BCUT2D eigenvalue weighted by atomic mass is 32.2. The van der Waals surface area contributed by atoms with Gasteiger partial charge in [0.05, 0.1) is 6.04 Å². The Hall–Kier alpha value is -0.880. The molecule has 0 spiro atoms. The minimum atomic E-state index is 0.0139. The molecule has 2 heterocycles. The number of rotatable bonds is 3. The highest BCUT2D eigenvalue weighted by Gasteiger charge is 2.34. The van der Waals surface area contributed by atoms with Crippen LogP contribution in [0.4, 0.5) is 0 Å². The molecule has 2 unspecified atom stereocenters. The van der Waals surface area contributed by atoms with E-state index in [0.717, 1.165) is 5.01 Å². The summed E-state index contributed by atoms with van der Waals surface area (Å²) in [5.74, 6) is 0.117. The molecule has 4 nitrogen and oxygen atoms in total. The third-order valence-corrected chi connectivity index (χ3v) is 4.66. The van der Waals surface area contributed by atoms with Crippen LogP contribution in [0.1, 0.15) is 31.3 Å². The van der Waals surface area contributed by atoms with E-state index in [0.29, 0.717) is 13.0 Å². The highest BCUT2D eigenvalue weighted by molar-refractivity contribution is 8.14. The summed E-state index contributed by atoms with van der Waals surface area (Å²) in [6.07, 6.45) is 2.21. The fourth-order valence-corrected chi connectivity index (χ4v) is 3.60. The molecule has 2 atom stereocenters. The van der Waals surface area contributed by atoms with E-state index in [1.54, 1.807) is 24.5 Å². The summed E-state index contributed by atoms with van der Waals surface area (Å²) in [4.78, 5) is 29.0. The van der Waals surface area contributed by atoms with Gasteiger partial charge in [-0.3, -0.25) is 9.59 Å². The van der Waals surface area contributed by atoms with Crippen molar-refractivity contribution in [1.29, 1.82) is 0 Å². The summed E-state index contributed by atoms with van der Waals surface area (Å²) < 4.78 is 0. The van der Waals surface area contributed by atoms with Crippen LogP contribution >= 0.6 is 23.1 Å². The first kappa shape index (κ1) is 12.6. The van der Waals surface area contributed by atoms with Crippen molar-refractivity contribution in [3.8, 4) is 0 Å². The number of carbonyl (C=O) groups is 2. The third kappa shape index (κ3) is 2.87. The Morgan fingerprint density at radius 1 is 1.71 bits per heavy atom. The van der Waals surface area contributed by atoms with Crippen LogP contribution in [0.25, 0.3) is 0 Å². The molecule has 1 aromatic heterocycles. The maximum absolute atomic E-state index is 11.9. The smallest absolute Gasteiger partial charge is 0.224 e. The van der Waals surface area contributed by atoms with E-state index in [2.05, 4.69) is 4.98 Å². The van der Waals surface area contributed by atoms with Gasteiger partial charge in [0.1, 0.15) is 5.01 Å². The van der Waals surface area contributed by atoms with Gasteiger partial charge in [-0.1, -0.05) is 11.8 Å². The summed E-state index contributed by atoms with van der Waals surface area (Å²) in [6, 6.07) is 0.0139. The van der Waals surface area contributed by atoms with Gasteiger partial charge in [-0.25, -0.2) is 4.98 Å². The van der Waals surface area contributed by atoms with Gasteiger partial charge in [-0.05, 0) is 6.92 Å². The van der Waals surface area contributed by atoms with Crippen LogP contribution in [-0.4, -0.2) is 32.7 Å². The van der Waals surface area contributed by atoms with E-state index in [1.165, 1.54) is 11.8 Å². The van der Waals surface area contributed by atoms with Crippen molar-refractivity contribution < 1.29 is 9.59 Å². The van der Waals surface area contributed by atoms with E-state index >= 15 is 0 Å². The largest absolute Gasteiger partial charge is 0.332 e. The van der Waals surface area contributed by atoms with E-state index in [1.807, 2.05) is 17.2 Å². The fraction of sp³-hybridized carbons (Fsp3) is 0.545. The Labute approximate surface area is 108 Å². The number of likely N-dealkylation sites (tertiary alicyclic amines) is 1. The summed E-state index contributed by atoms with van der Waals surface area (Å²) >= 11 is 2.82. The fourth-order valence-electron chi connectivity index (χ4n) is 1.96. The van der Waals surface area contributed by atoms with Gasteiger partial charge < -0.3 is 4.90 Å². The lowest BCUT2D eigenvalue weighted by molar-refractivity contribution is -0.129. The van der Waals surface area contributed by atoms with E-state index < -0.39 is 0 Å². The lowest BCUT2D eigenvalue weighted by atomic mass is 10.3. The van der Waals surface area contributed by atoms with Crippen molar-refractivity contribution >= 4 is 34.1 Å². The second kappa shape index (κ2) is 5.18. The Kier molecular flexibility index (Phi) is 3.83. The number of thiazole rings is 1. The number of nitrogens with zero attached hydrogens (tertiary/aromatic N) is 2. The Morgan fingerprint density at radius 3 is 3.06 bits per heavy atom. The van der Waals surface area contributed by atoms with Gasteiger partial charge in [-0.2, -0.15) is 0 Å². The van der Waals surface area contributed by atoms with Crippen molar-refractivity contribution in [2.24, 2.45) is 0 Å². The van der Waals surface area contributed by atoms with E-state index in [9.17, 15) is 9.59 Å². The van der Waals surface area contributed by atoms with Gasteiger partial charge in [0.2, 0.25) is 5.91 Å². The van der Waals surface area contributed by atoms with Crippen LogP contribution in [0.3, 0.4) is 0 Å². The van der Waals surface area contributed by atoms with Crippen LogP contribution in [0, 0.1) is 0 Å². The molecule has 1 aromatic rings. The number of amides is 1. The zero-order chi connectivity index (χ0) is 12.4. The number of hydrogen-bond donors (Lipinski definition) is 0. The highest BCUT2D eigenvalue weighted by Crippen LogP contribution is 2.31. The van der Waals surface area contributed by atoms with Crippen LogP contribution in [-0.2, 0) is 9.59 Å². The zero-order valence-electron chi connectivity index (χ0n) is 9.75. The molecule has 0 aromatic carbocycles. The number of aromatic nitrogens is 1. The molecular weight excluding hydrogens is 256 g/mol. The van der Waals surface area contributed by atoms with Crippen LogP contribution in [0.15, 0.2) is 11.6 Å². The molecule has 0 saturated carbocycles. The van der Waals surface area contributed by atoms with Gasteiger partial charge in [0, 0.05) is 36.7 Å². The molecule has 1 amide bonds. The monoisotopic (exact) mass is 270 g/mol. The Morgan fingerprint density at radius 2 is 2.47 bits per heavy atom. The number of carbonyl (C=O) groups excluding carboxylic acids is 2. The third-order valence-electron chi connectivity index (χ3n) is 2.73. The van der Waals surface area contributed by atoms with Crippen molar-refractivity contribution in [2.45, 2.75) is 31.6 Å². The maximum Gasteiger partial charge on any atom is 0.224 e. The average Bonchev–Trinajstić information content (AvgIpc) is 2.85. The molecular formula is C11H14N2O2S2. The summed E-state index contributed by atoms with van der Waals surface area (Å²) in [6.45, 7) is 4.17. The number of hydrogen-bond acceptors (Lipinski definition) is 5. The molecule has 0 aliphatic carbocycles. The maximum atomic E-state index is 11.9. The predicted molar refractivity (Wildman–Crippen MR) is 68.9 cm³/mol. The molecule has 17 heavy (non-hydrogen) atoms. The minimum absolute atomic E-state index is 0.0139. The first-order chi connectivity index (χ1) is 8.08. The van der Waals surface area contributed by atoms with Gasteiger partial charge in [0.25, 0.3) is 0 Å². The van der Waals surface area contributed by atoms with Crippen LogP contribution < -0.4 is 0 Å². The summed E-state index contributed by atoms with van der Waals surface area (Å²) in [7, 11) is 0. The van der Waals surface area contributed by atoms with E-state index in [4.69, 9.17) is 0 Å². The van der Waals surface area contributed by atoms with Crippen molar-refractivity contribution in [2.75, 3.05) is 6.54 Å². The summed E-state index contributed by atoms with van der Waals surface area (Å²) in [5.41, 5.74) is 0. The first-order valence-electron chi connectivity index (χ1n) is 5.44. The van der Waals surface area contributed by atoms with E-state index in [-0.39, 0.29) is 22.3 Å². The summed E-state index contributed by atoms with van der Waals surface area (Å²) in [5, 5.41) is 3.04. The molecule has 2 rings (SSSR count). The zero-order valence-corrected chi connectivity index (χ0v) is 11.4. The van der Waals surface area contributed by atoms with Gasteiger partial charge in [-0.15, -0.1) is 11.3 Å². The second-order valence-corrected chi connectivity index (χ2v) is 6.43.